The van der Waals surface area contributed by atoms with Crippen molar-refractivity contribution in [3.05, 3.63) is 23.9 Å². The number of pyridine rings is 1. The standard InChI is InChI=1S/C13H19N3/c1-10-4-3-5-13(14-10)16-7-6-11-8-15(2)9-12(11)16/h3-5,11-12H,6-9H2,1-2H3. The Morgan fingerprint density at radius 1 is 1.31 bits per heavy atom. The molecule has 2 unspecified atom stereocenters. The number of aryl methyl sites for hydroxylation is 1. The van der Waals surface area contributed by atoms with Gasteiger partial charge in [-0.25, -0.2) is 4.98 Å². The van der Waals surface area contributed by atoms with E-state index < -0.39 is 0 Å². The molecule has 2 aliphatic rings. The van der Waals surface area contributed by atoms with E-state index in [-0.39, 0.29) is 0 Å². The van der Waals surface area contributed by atoms with E-state index in [1.807, 2.05) is 0 Å². The van der Waals surface area contributed by atoms with E-state index in [4.69, 9.17) is 0 Å². The summed E-state index contributed by atoms with van der Waals surface area (Å²) < 4.78 is 0. The normalized spacial score (nSPS) is 29.8. The van der Waals surface area contributed by atoms with Crippen molar-refractivity contribution in [3.8, 4) is 0 Å². The van der Waals surface area contributed by atoms with Crippen LogP contribution < -0.4 is 4.90 Å². The Balaban J connectivity index is 1.86. The van der Waals surface area contributed by atoms with Crippen LogP contribution in [-0.4, -0.2) is 42.6 Å². The molecule has 3 nitrogen and oxygen atoms in total. The van der Waals surface area contributed by atoms with Crippen molar-refractivity contribution in [2.45, 2.75) is 19.4 Å². The average molecular weight is 217 g/mol. The summed E-state index contributed by atoms with van der Waals surface area (Å²) in [4.78, 5) is 9.59. The average Bonchev–Trinajstić information content (AvgIpc) is 2.76. The summed E-state index contributed by atoms with van der Waals surface area (Å²) in [6.45, 7) is 5.70. The van der Waals surface area contributed by atoms with E-state index in [0.29, 0.717) is 6.04 Å². The molecule has 1 aromatic rings. The molecule has 0 radical (unpaired) electrons. The van der Waals surface area contributed by atoms with Crippen LogP contribution in [0.25, 0.3) is 0 Å². The Morgan fingerprint density at radius 2 is 2.19 bits per heavy atom. The Bertz CT molecular complexity index is 391. The Morgan fingerprint density at radius 3 is 3.00 bits per heavy atom. The number of aromatic nitrogens is 1. The minimum absolute atomic E-state index is 0.694. The smallest absolute Gasteiger partial charge is 0.129 e. The molecule has 0 spiro atoms. The van der Waals surface area contributed by atoms with Crippen molar-refractivity contribution in [3.63, 3.8) is 0 Å². The highest BCUT2D eigenvalue weighted by Gasteiger charge is 2.40. The Kier molecular flexibility index (Phi) is 2.36. The zero-order chi connectivity index (χ0) is 11.1. The van der Waals surface area contributed by atoms with E-state index in [1.165, 1.54) is 31.9 Å². The van der Waals surface area contributed by atoms with Gasteiger partial charge >= 0.3 is 0 Å². The van der Waals surface area contributed by atoms with E-state index in [9.17, 15) is 0 Å². The molecule has 2 atom stereocenters. The van der Waals surface area contributed by atoms with Crippen molar-refractivity contribution >= 4 is 5.82 Å². The molecular weight excluding hydrogens is 198 g/mol. The SMILES string of the molecule is Cc1cccc(N2CCC3CN(C)CC32)n1. The van der Waals surface area contributed by atoms with Crippen molar-refractivity contribution < 1.29 is 0 Å². The molecule has 2 saturated heterocycles. The van der Waals surface area contributed by atoms with Gasteiger partial charge in [-0.2, -0.15) is 0 Å². The molecule has 1 aromatic heterocycles. The van der Waals surface area contributed by atoms with Gasteiger partial charge in [0, 0.05) is 31.4 Å². The minimum atomic E-state index is 0.694. The van der Waals surface area contributed by atoms with Crippen LogP contribution in [-0.2, 0) is 0 Å². The highest BCUT2D eigenvalue weighted by atomic mass is 15.3. The number of likely N-dealkylation sites (N-methyl/N-ethyl adjacent to an activating group) is 1. The van der Waals surface area contributed by atoms with Gasteiger partial charge in [-0.1, -0.05) is 6.07 Å². The number of likely N-dealkylation sites (tertiary alicyclic amines) is 1. The van der Waals surface area contributed by atoms with Crippen LogP contribution in [0, 0.1) is 12.8 Å². The molecule has 0 aliphatic carbocycles. The summed E-state index contributed by atoms with van der Waals surface area (Å²) in [5.41, 5.74) is 1.12. The minimum Gasteiger partial charge on any atom is -0.352 e. The second-order valence-corrected chi connectivity index (χ2v) is 5.17. The summed E-state index contributed by atoms with van der Waals surface area (Å²) in [7, 11) is 2.22. The monoisotopic (exact) mass is 217 g/mol. The van der Waals surface area contributed by atoms with E-state index in [1.54, 1.807) is 0 Å². The van der Waals surface area contributed by atoms with Crippen LogP contribution in [0.2, 0.25) is 0 Å². The van der Waals surface area contributed by atoms with E-state index in [0.717, 1.165) is 11.6 Å². The fourth-order valence-corrected chi connectivity index (χ4v) is 3.15. The maximum Gasteiger partial charge on any atom is 0.129 e. The van der Waals surface area contributed by atoms with Gasteiger partial charge in [0.2, 0.25) is 0 Å². The lowest BCUT2D eigenvalue weighted by Gasteiger charge is -2.25. The molecule has 0 aromatic carbocycles. The predicted molar refractivity (Wildman–Crippen MR) is 65.7 cm³/mol. The van der Waals surface area contributed by atoms with Crippen molar-refractivity contribution in [1.29, 1.82) is 0 Å². The fourth-order valence-electron chi connectivity index (χ4n) is 3.15. The first-order valence-corrected chi connectivity index (χ1v) is 6.13. The maximum atomic E-state index is 4.65. The fraction of sp³-hybridized carbons (Fsp3) is 0.615. The molecule has 2 fully saturated rings. The van der Waals surface area contributed by atoms with Gasteiger partial charge in [0.05, 0.1) is 0 Å². The van der Waals surface area contributed by atoms with Gasteiger partial charge in [-0.15, -0.1) is 0 Å². The van der Waals surface area contributed by atoms with Gasteiger partial charge in [0.25, 0.3) is 0 Å². The quantitative estimate of drug-likeness (QED) is 0.711. The van der Waals surface area contributed by atoms with Gasteiger partial charge in [-0.05, 0) is 38.4 Å². The lowest BCUT2D eigenvalue weighted by atomic mass is 10.1. The van der Waals surface area contributed by atoms with Crippen molar-refractivity contribution in [2.24, 2.45) is 5.92 Å². The zero-order valence-electron chi connectivity index (χ0n) is 10.1. The molecule has 3 heteroatoms. The summed E-state index contributed by atoms with van der Waals surface area (Å²) in [5.74, 6) is 2.02. The molecule has 16 heavy (non-hydrogen) atoms. The van der Waals surface area contributed by atoms with Gasteiger partial charge in [0.15, 0.2) is 0 Å². The number of fused-ring (bicyclic) bond motifs is 1. The predicted octanol–water partition coefficient (Wildman–Crippen LogP) is 1.53. The van der Waals surface area contributed by atoms with Crippen molar-refractivity contribution in [2.75, 3.05) is 31.6 Å². The number of nitrogens with zero attached hydrogens (tertiary/aromatic N) is 3. The first kappa shape index (κ1) is 10.1. The largest absolute Gasteiger partial charge is 0.352 e. The first-order chi connectivity index (χ1) is 7.74. The second kappa shape index (κ2) is 3.74. The number of hydrogen-bond acceptors (Lipinski definition) is 3. The molecule has 2 aliphatic heterocycles. The van der Waals surface area contributed by atoms with Crippen LogP contribution in [0.3, 0.4) is 0 Å². The van der Waals surface area contributed by atoms with Crippen LogP contribution in [0.15, 0.2) is 18.2 Å². The summed E-state index contributed by atoms with van der Waals surface area (Å²) in [6, 6.07) is 7.02. The lowest BCUT2D eigenvalue weighted by molar-refractivity contribution is 0.386. The Labute approximate surface area is 97.1 Å². The molecule has 0 bridgehead atoms. The molecule has 0 N–H and O–H groups in total. The molecule has 86 valence electrons. The van der Waals surface area contributed by atoms with E-state index >= 15 is 0 Å². The summed E-state index contributed by atoms with van der Waals surface area (Å²) >= 11 is 0. The van der Waals surface area contributed by atoms with Gasteiger partial charge in [-0.3, -0.25) is 0 Å². The first-order valence-electron chi connectivity index (χ1n) is 6.13. The lowest BCUT2D eigenvalue weighted by Crippen LogP contribution is -2.35. The topological polar surface area (TPSA) is 19.4 Å². The zero-order valence-corrected chi connectivity index (χ0v) is 10.1. The van der Waals surface area contributed by atoms with Crippen LogP contribution in [0.4, 0.5) is 5.82 Å². The summed E-state index contributed by atoms with van der Waals surface area (Å²) in [5, 5.41) is 0. The second-order valence-electron chi connectivity index (χ2n) is 5.17. The third-order valence-corrected chi connectivity index (χ3v) is 3.90. The summed E-state index contributed by atoms with van der Waals surface area (Å²) in [6.07, 6.45) is 1.32. The number of rotatable bonds is 1. The molecule has 0 amide bonds. The van der Waals surface area contributed by atoms with Gasteiger partial charge < -0.3 is 9.80 Å². The number of hydrogen-bond donors (Lipinski definition) is 0. The third kappa shape index (κ3) is 1.59. The third-order valence-electron chi connectivity index (χ3n) is 3.90. The van der Waals surface area contributed by atoms with Crippen LogP contribution >= 0.6 is 0 Å². The highest BCUT2D eigenvalue weighted by molar-refractivity contribution is 5.43. The van der Waals surface area contributed by atoms with E-state index in [2.05, 4.69) is 47.0 Å². The van der Waals surface area contributed by atoms with Gasteiger partial charge in [0.1, 0.15) is 5.82 Å². The number of anilines is 1. The molecule has 3 rings (SSSR count). The van der Waals surface area contributed by atoms with Crippen molar-refractivity contribution in [1.82, 2.24) is 9.88 Å². The van der Waals surface area contributed by atoms with Crippen LogP contribution in [0.1, 0.15) is 12.1 Å². The maximum absolute atomic E-state index is 4.65. The van der Waals surface area contributed by atoms with Crippen LogP contribution in [0.5, 0.6) is 0 Å². The highest BCUT2D eigenvalue weighted by Crippen LogP contribution is 2.33. The Hall–Kier alpha value is -1.09. The molecule has 3 heterocycles. The molecule has 0 saturated carbocycles. The molecular formula is C13H19N3.